The lowest BCUT2D eigenvalue weighted by Crippen LogP contribution is -2.36. The zero-order chi connectivity index (χ0) is 10.0. The molecule has 1 N–H and O–H groups in total. The molecule has 0 spiro atoms. The summed E-state index contributed by atoms with van der Waals surface area (Å²) in [7, 11) is 0. The molecule has 0 saturated carbocycles. The van der Waals surface area contributed by atoms with E-state index in [9.17, 15) is 9.59 Å². The summed E-state index contributed by atoms with van der Waals surface area (Å²) >= 11 is 3.34. The molecule has 4 nitrogen and oxygen atoms in total. The molecule has 1 saturated heterocycles. The number of alkyl halides is 1. The number of rotatable bonds is 3. The van der Waals surface area contributed by atoms with Crippen molar-refractivity contribution in [1.82, 2.24) is 4.90 Å². The third-order valence-corrected chi connectivity index (χ3v) is 2.73. The molecule has 1 amide bonds. The van der Waals surface area contributed by atoms with E-state index in [1.807, 2.05) is 0 Å². The number of carbonyl (C=O) groups is 2. The lowest BCUT2D eigenvalue weighted by Gasteiger charge is -2.22. The molecule has 0 aromatic carbocycles. The number of hydrogen-bond donors (Lipinski definition) is 1. The standard InChI is InChI=1S/C8H12BrNO3/c1-5(2-8(12)13)10-4-6(9)3-7(10)11/h5-6H,2-4H2,1H3,(H,12,13)/t5-,6?/m1/s1. The van der Waals surface area contributed by atoms with Crippen molar-refractivity contribution in [3.05, 3.63) is 0 Å². The molecule has 1 rings (SSSR count). The maximum atomic E-state index is 11.3. The van der Waals surface area contributed by atoms with Crippen molar-refractivity contribution in [3.63, 3.8) is 0 Å². The van der Waals surface area contributed by atoms with Crippen molar-refractivity contribution >= 4 is 27.8 Å². The van der Waals surface area contributed by atoms with E-state index in [0.717, 1.165) is 0 Å². The molecule has 0 aromatic rings. The Morgan fingerprint density at radius 2 is 2.46 bits per heavy atom. The topological polar surface area (TPSA) is 57.6 Å². The van der Waals surface area contributed by atoms with Crippen LogP contribution in [-0.2, 0) is 9.59 Å². The number of amides is 1. The average molecular weight is 250 g/mol. The quantitative estimate of drug-likeness (QED) is 0.755. The fourth-order valence-electron chi connectivity index (χ4n) is 1.48. The van der Waals surface area contributed by atoms with Crippen molar-refractivity contribution in [2.45, 2.75) is 30.6 Å². The van der Waals surface area contributed by atoms with Crippen LogP contribution in [-0.4, -0.2) is 39.3 Å². The first-order chi connectivity index (χ1) is 6.00. The summed E-state index contributed by atoms with van der Waals surface area (Å²) < 4.78 is 0. The molecule has 5 heteroatoms. The second kappa shape index (κ2) is 4.09. The maximum absolute atomic E-state index is 11.3. The van der Waals surface area contributed by atoms with E-state index in [1.165, 1.54) is 0 Å². The minimum Gasteiger partial charge on any atom is -0.481 e. The Kier molecular flexibility index (Phi) is 3.30. The highest BCUT2D eigenvalue weighted by Gasteiger charge is 2.31. The first-order valence-electron chi connectivity index (χ1n) is 4.16. The molecule has 0 aliphatic carbocycles. The summed E-state index contributed by atoms with van der Waals surface area (Å²) in [5.41, 5.74) is 0. The van der Waals surface area contributed by atoms with Gasteiger partial charge in [-0.1, -0.05) is 15.9 Å². The van der Waals surface area contributed by atoms with Gasteiger partial charge in [-0.25, -0.2) is 0 Å². The number of carboxylic acids is 1. The van der Waals surface area contributed by atoms with Gasteiger partial charge in [0.1, 0.15) is 0 Å². The van der Waals surface area contributed by atoms with E-state index in [-0.39, 0.29) is 23.2 Å². The highest BCUT2D eigenvalue weighted by molar-refractivity contribution is 9.09. The van der Waals surface area contributed by atoms with Gasteiger partial charge in [-0.15, -0.1) is 0 Å². The van der Waals surface area contributed by atoms with Crippen LogP contribution in [0.3, 0.4) is 0 Å². The van der Waals surface area contributed by atoms with E-state index in [4.69, 9.17) is 5.11 Å². The molecule has 1 heterocycles. The lowest BCUT2D eigenvalue weighted by molar-refractivity contribution is -0.139. The largest absolute Gasteiger partial charge is 0.481 e. The molecule has 1 aliphatic rings. The zero-order valence-corrected chi connectivity index (χ0v) is 8.95. The first kappa shape index (κ1) is 10.5. The van der Waals surface area contributed by atoms with Crippen molar-refractivity contribution in [2.75, 3.05) is 6.54 Å². The number of hydrogen-bond acceptors (Lipinski definition) is 2. The predicted molar refractivity (Wildman–Crippen MR) is 50.8 cm³/mol. The Morgan fingerprint density at radius 1 is 1.85 bits per heavy atom. The number of carboxylic acid groups (broad SMARTS) is 1. The van der Waals surface area contributed by atoms with Crippen molar-refractivity contribution in [2.24, 2.45) is 0 Å². The van der Waals surface area contributed by atoms with Gasteiger partial charge in [-0.05, 0) is 6.92 Å². The summed E-state index contributed by atoms with van der Waals surface area (Å²) in [5, 5.41) is 8.55. The molecule has 1 unspecified atom stereocenters. The van der Waals surface area contributed by atoms with Gasteiger partial charge in [-0.2, -0.15) is 0 Å². The van der Waals surface area contributed by atoms with Gasteiger partial charge in [0.05, 0.1) is 6.42 Å². The second-order valence-corrected chi connectivity index (χ2v) is 4.59. The fourth-order valence-corrected chi connectivity index (χ4v) is 2.06. The van der Waals surface area contributed by atoms with Gasteiger partial charge in [0.25, 0.3) is 0 Å². The molecule has 2 atom stereocenters. The fraction of sp³-hybridized carbons (Fsp3) is 0.750. The normalized spacial score (nSPS) is 24.9. The minimum atomic E-state index is -0.863. The molecular weight excluding hydrogens is 238 g/mol. The van der Waals surface area contributed by atoms with E-state index in [0.29, 0.717) is 13.0 Å². The molecule has 0 bridgehead atoms. The number of likely N-dealkylation sites (tertiary alicyclic amines) is 1. The van der Waals surface area contributed by atoms with Crippen LogP contribution in [0.1, 0.15) is 19.8 Å². The van der Waals surface area contributed by atoms with Gasteiger partial charge in [0.15, 0.2) is 0 Å². The van der Waals surface area contributed by atoms with Crippen LogP contribution in [0, 0.1) is 0 Å². The van der Waals surface area contributed by atoms with Crippen LogP contribution < -0.4 is 0 Å². The van der Waals surface area contributed by atoms with E-state index in [2.05, 4.69) is 15.9 Å². The van der Waals surface area contributed by atoms with Crippen LogP contribution in [0.4, 0.5) is 0 Å². The van der Waals surface area contributed by atoms with Gasteiger partial charge in [-0.3, -0.25) is 9.59 Å². The number of halogens is 1. The Morgan fingerprint density at radius 3 is 2.85 bits per heavy atom. The third-order valence-electron chi connectivity index (χ3n) is 2.11. The summed E-state index contributed by atoms with van der Waals surface area (Å²) in [4.78, 5) is 23.5. The van der Waals surface area contributed by atoms with E-state index in [1.54, 1.807) is 11.8 Å². The number of nitrogens with zero attached hydrogens (tertiary/aromatic N) is 1. The minimum absolute atomic E-state index is 0.0193. The first-order valence-corrected chi connectivity index (χ1v) is 5.07. The second-order valence-electron chi connectivity index (χ2n) is 3.29. The SMILES string of the molecule is C[C@H](CC(=O)O)N1CC(Br)CC1=O. The Bertz CT molecular complexity index is 231. The Balaban J connectivity index is 2.51. The molecule has 1 fully saturated rings. The Labute approximate surface area is 85.0 Å². The molecular formula is C8H12BrNO3. The van der Waals surface area contributed by atoms with Crippen molar-refractivity contribution in [1.29, 1.82) is 0 Å². The van der Waals surface area contributed by atoms with Crippen LogP contribution in [0.2, 0.25) is 0 Å². The maximum Gasteiger partial charge on any atom is 0.305 e. The lowest BCUT2D eigenvalue weighted by atomic mass is 10.2. The van der Waals surface area contributed by atoms with Crippen molar-refractivity contribution < 1.29 is 14.7 Å². The van der Waals surface area contributed by atoms with Gasteiger partial charge >= 0.3 is 5.97 Å². The molecule has 0 aromatic heterocycles. The van der Waals surface area contributed by atoms with E-state index < -0.39 is 5.97 Å². The van der Waals surface area contributed by atoms with Crippen molar-refractivity contribution in [3.8, 4) is 0 Å². The smallest absolute Gasteiger partial charge is 0.305 e. The molecule has 1 aliphatic heterocycles. The third kappa shape index (κ3) is 2.69. The Hall–Kier alpha value is -0.580. The van der Waals surface area contributed by atoms with Crippen LogP contribution in [0.15, 0.2) is 0 Å². The van der Waals surface area contributed by atoms with Crippen LogP contribution in [0.5, 0.6) is 0 Å². The average Bonchev–Trinajstić information content (AvgIpc) is 2.28. The van der Waals surface area contributed by atoms with Gasteiger partial charge in [0.2, 0.25) is 5.91 Å². The number of aliphatic carboxylic acids is 1. The highest BCUT2D eigenvalue weighted by Crippen LogP contribution is 2.21. The van der Waals surface area contributed by atoms with Crippen LogP contribution in [0.25, 0.3) is 0 Å². The molecule has 0 radical (unpaired) electrons. The van der Waals surface area contributed by atoms with E-state index >= 15 is 0 Å². The zero-order valence-electron chi connectivity index (χ0n) is 7.36. The summed E-state index contributed by atoms with van der Waals surface area (Å²) in [6.45, 7) is 2.38. The van der Waals surface area contributed by atoms with Gasteiger partial charge < -0.3 is 10.0 Å². The summed E-state index contributed by atoms with van der Waals surface area (Å²) in [5.74, 6) is -0.825. The molecule has 13 heavy (non-hydrogen) atoms. The van der Waals surface area contributed by atoms with Gasteiger partial charge in [0, 0.05) is 23.8 Å². The predicted octanol–water partition coefficient (Wildman–Crippen LogP) is 0.845. The van der Waals surface area contributed by atoms with Crippen LogP contribution >= 0.6 is 15.9 Å². The number of carbonyl (C=O) groups excluding carboxylic acids is 1. The summed E-state index contributed by atoms with van der Waals surface area (Å²) in [6, 6.07) is -0.201. The molecule has 74 valence electrons. The summed E-state index contributed by atoms with van der Waals surface area (Å²) in [6.07, 6.45) is 0.495. The monoisotopic (exact) mass is 249 g/mol. The highest BCUT2D eigenvalue weighted by atomic mass is 79.9.